The van der Waals surface area contributed by atoms with E-state index >= 15 is 0 Å². The van der Waals surface area contributed by atoms with Crippen LogP contribution in [0.2, 0.25) is 10.0 Å². The minimum absolute atomic E-state index is 0.0140. The van der Waals surface area contributed by atoms with Crippen molar-refractivity contribution in [3.05, 3.63) is 74.6 Å². The van der Waals surface area contributed by atoms with Gasteiger partial charge in [0, 0.05) is 28.2 Å². The molecule has 2 aliphatic heterocycles. The van der Waals surface area contributed by atoms with E-state index < -0.39 is 22.1 Å². The van der Waals surface area contributed by atoms with Crippen molar-refractivity contribution in [1.29, 1.82) is 0 Å². The average molecular weight is 628 g/mol. The van der Waals surface area contributed by atoms with Crippen LogP contribution in [0.15, 0.2) is 63.9 Å². The molecule has 0 aromatic heterocycles. The number of hydrogen-bond acceptors (Lipinski definition) is 5. The highest BCUT2D eigenvalue weighted by Gasteiger charge is 2.52. The quantitative estimate of drug-likeness (QED) is 0.485. The van der Waals surface area contributed by atoms with Gasteiger partial charge in [-0.2, -0.15) is 0 Å². The predicted octanol–water partition coefficient (Wildman–Crippen LogP) is 3.93. The summed E-state index contributed by atoms with van der Waals surface area (Å²) in [5, 5.41) is 0.290. The van der Waals surface area contributed by atoms with Crippen molar-refractivity contribution in [2.75, 3.05) is 20.6 Å². The second-order valence-electron chi connectivity index (χ2n) is 9.61. The Balaban J connectivity index is 1.64. The summed E-state index contributed by atoms with van der Waals surface area (Å²) in [4.78, 5) is 32.1. The number of hydrogen-bond donors (Lipinski definition) is 0. The molecule has 5 rings (SSSR count). The highest BCUT2D eigenvalue weighted by molar-refractivity contribution is 9.10. The molecule has 2 aromatic rings. The van der Waals surface area contributed by atoms with E-state index in [1.165, 1.54) is 33.6 Å². The summed E-state index contributed by atoms with van der Waals surface area (Å²) >= 11 is 15.8. The standard InChI is InChI=1S/C25H25BrCl2N4O4S/c1-29(2)21-13-31(37(35,36)22-10-7-17(27)12-19(22)28)23-14-30(18-8-9-18)24(33)20(32(23)25(21)34)11-15-3-5-16(26)6-4-15/h3-7,10,12,14,18,20-21H,8-9,11,13H2,1-2H3. The van der Waals surface area contributed by atoms with Crippen LogP contribution < -0.4 is 0 Å². The van der Waals surface area contributed by atoms with E-state index in [1.54, 1.807) is 23.9 Å². The van der Waals surface area contributed by atoms with Crippen molar-refractivity contribution in [3.8, 4) is 0 Å². The summed E-state index contributed by atoms with van der Waals surface area (Å²) in [6.45, 7) is -0.118. The third-order valence-electron chi connectivity index (χ3n) is 6.84. The van der Waals surface area contributed by atoms with Gasteiger partial charge in [0.1, 0.15) is 22.8 Å². The Morgan fingerprint density at radius 3 is 2.30 bits per heavy atom. The van der Waals surface area contributed by atoms with Crippen LogP contribution in [0.5, 0.6) is 0 Å². The minimum atomic E-state index is -4.21. The molecule has 0 spiro atoms. The fourth-order valence-electron chi connectivity index (χ4n) is 4.70. The molecule has 196 valence electrons. The van der Waals surface area contributed by atoms with Gasteiger partial charge in [-0.3, -0.25) is 19.4 Å². The van der Waals surface area contributed by atoms with Crippen LogP contribution in [0.4, 0.5) is 0 Å². The molecule has 0 radical (unpaired) electrons. The number of fused-ring (bicyclic) bond motifs is 1. The molecule has 2 atom stereocenters. The highest BCUT2D eigenvalue weighted by atomic mass is 79.9. The van der Waals surface area contributed by atoms with E-state index in [2.05, 4.69) is 15.9 Å². The summed E-state index contributed by atoms with van der Waals surface area (Å²) in [5.74, 6) is -0.387. The molecule has 37 heavy (non-hydrogen) atoms. The first-order chi connectivity index (χ1) is 17.5. The summed E-state index contributed by atoms with van der Waals surface area (Å²) in [6, 6.07) is 10.0. The summed E-state index contributed by atoms with van der Waals surface area (Å²) < 4.78 is 30.1. The second kappa shape index (κ2) is 9.89. The Morgan fingerprint density at radius 1 is 1.03 bits per heavy atom. The van der Waals surface area contributed by atoms with Gasteiger partial charge in [0.05, 0.1) is 11.6 Å². The maximum atomic E-state index is 14.0. The molecule has 2 unspecified atom stereocenters. The van der Waals surface area contributed by atoms with E-state index in [4.69, 9.17) is 23.2 Å². The van der Waals surface area contributed by atoms with Crippen LogP contribution in [-0.2, 0) is 26.0 Å². The van der Waals surface area contributed by atoms with Gasteiger partial charge in [-0.15, -0.1) is 0 Å². The van der Waals surface area contributed by atoms with Gasteiger partial charge in [-0.05, 0) is 62.8 Å². The molecular weight excluding hydrogens is 603 g/mol. The van der Waals surface area contributed by atoms with Gasteiger partial charge in [0.15, 0.2) is 0 Å². The van der Waals surface area contributed by atoms with Crippen LogP contribution in [0.25, 0.3) is 0 Å². The lowest BCUT2D eigenvalue weighted by atomic mass is 9.99. The van der Waals surface area contributed by atoms with Crippen molar-refractivity contribution in [2.24, 2.45) is 0 Å². The van der Waals surface area contributed by atoms with Gasteiger partial charge in [-0.25, -0.2) is 12.7 Å². The largest absolute Gasteiger partial charge is 0.311 e. The number of halogens is 3. The lowest BCUT2D eigenvalue weighted by Crippen LogP contribution is -2.66. The molecule has 2 aromatic carbocycles. The van der Waals surface area contributed by atoms with E-state index in [0.717, 1.165) is 22.9 Å². The van der Waals surface area contributed by atoms with Crippen LogP contribution in [0.1, 0.15) is 18.4 Å². The molecule has 2 heterocycles. The van der Waals surface area contributed by atoms with Crippen LogP contribution >= 0.6 is 39.1 Å². The monoisotopic (exact) mass is 626 g/mol. The van der Waals surface area contributed by atoms with E-state index in [-0.39, 0.29) is 46.6 Å². The first kappa shape index (κ1) is 26.5. The number of amides is 2. The second-order valence-corrected chi connectivity index (χ2v) is 13.2. The van der Waals surface area contributed by atoms with E-state index in [0.29, 0.717) is 5.02 Å². The molecule has 0 bridgehead atoms. The van der Waals surface area contributed by atoms with Crippen molar-refractivity contribution in [3.63, 3.8) is 0 Å². The molecule has 0 N–H and O–H groups in total. The fourth-order valence-corrected chi connectivity index (χ4v) is 7.17. The van der Waals surface area contributed by atoms with Crippen molar-refractivity contribution in [2.45, 2.75) is 42.3 Å². The van der Waals surface area contributed by atoms with E-state index in [9.17, 15) is 18.0 Å². The molecule has 1 aliphatic carbocycles. The van der Waals surface area contributed by atoms with Crippen LogP contribution in [-0.4, -0.2) is 78.0 Å². The van der Waals surface area contributed by atoms with Crippen molar-refractivity contribution in [1.82, 2.24) is 19.0 Å². The molecule has 2 fully saturated rings. The zero-order chi connectivity index (χ0) is 26.6. The van der Waals surface area contributed by atoms with Crippen LogP contribution in [0, 0.1) is 0 Å². The normalized spacial score (nSPS) is 22.4. The third kappa shape index (κ3) is 4.90. The number of nitrogens with zero attached hydrogens (tertiary/aromatic N) is 4. The Kier molecular flexibility index (Phi) is 7.08. The Bertz CT molecular complexity index is 1400. The smallest absolute Gasteiger partial charge is 0.267 e. The maximum absolute atomic E-state index is 14.0. The van der Waals surface area contributed by atoms with Crippen LogP contribution in [0.3, 0.4) is 0 Å². The third-order valence-corrected chi connectivity index (χ3v) is 9.85. The highest BCUT2D eigenvalue weighted by Crippen LogP contribution is 2.39. The number of sulfonamides is 1. The minimum Gasteiger partial charge on any atom is -0.311 e. The van der Waals surface area contributed by atoms with Gasteiger partial charge in [0.2, 0.25) is 11.8 Å². The Labute approximate surface area is 234 Å². The lowest BCUT2D eigenvalue weighted by molar-refractivity contribution is -0.151. The molecule has 1 saturated heterocycles. The Hall–Kier alpha value is -2.11. The average Bonchev–Trinajstić information content (AvgIpc) is 3.67. The molecule has 3 aliphatic rings. The molecule has 12 heteroatoms. The maximum Gasteiger partial charge on any atom is 0.267 e. The van der Waals surface area contributed by atoms with Crippen molar-refractivity contribution >= 4 is 61.0 Å². The topological polar surface area (TPSA) is 81.2 Å². The number of carbonyl (C=O) groups is 2. The molecule has 2 amide bonds. The van der Waals surface area contributed by atoms with Gasteiger partial charge >= 0.3 is 0 Å². The molecule has 8 nitrogen and oxygen atoms in total. The molecular formula is C25H25BrCl2N4O4S. The fraction of sp³-hybridized carbons (Fsp3) is 0.360. The van der Waals surface area contributed by atoms with E-state index in [1.807, 2.05) is 24.3 Å². The lowest BCUT2D eigenvalue weighted by Gasteiger charge is -2.49. The SMILES string of the molecule is CN(C)C1CN(S(=O)(=O)c2ccc(Cl)cc2Cl)C2=CN(C3CC3)C(=O)C(Cc3ccc(Br)cc3)N2C1=O. The van der Waals surface area contributed by atoms with Gasteiger partial charge < -0.3 is 4.90 Å². The molecule has 1 saturated carbocycles. The number of benzene rings is 2. The zero-order valence-corrected chi connectivity index (χ0v) is 24.1. The first-order valence-electron chi connectivity index (χ1n) is 11.7. The predicted molar refractivity (Wildman–Crippen MR) is 144 cm³/mol. The summed E-state index contributed by atoms with van der Waals surface area (Å²) in [5.41, 5.74) is 0.855. The summed E-state index contributed by atoms with van der Waals surface area (Å²) in [6.07, 6.45) is 3.41. The first-order valence-corrected chi connectivity index (χ1v) is 14.7. The van der Waals surface area contributed by atoms with Crippen molar-refractivity contribution < 1.29 is 18.0 Å². The number of likely N-dealkylation sites (N-methyl/N-ethyl adjacent to an activating group) is 1. The Morgan fingerprint density at radius 2 is 1.70 bits per heavy atom. The number of carbonyl (C=O) groups excluding carboxylic acids is 2. The number of rotatable bonds is 6. The van der Waals surface area contributed by atoms with Gasteiger partial charge in [-0.1, -0.05) is 51.3 Å². The zero-order valence-electron chi connectivity index (χ0n) is 20.1. The van der Waals surface area contributed by atoms with Gasteiger partial charge in [0.25, 0.3) is 10.0 Å². The summed E-state index contributed by atoms with van der Waals surface area (Å²) in [7, 11) is -0.785.